The molecule has 140 valence electrons. The van der Waals surface area contributed by atoms with E-state index < -0.39 is 17.2 Å². The van der Waals surface area contributed by atoms with E-state index in [0.717, 1.165) is 12.0 Å². The molecule has 7 heteroatoms. The van der Waals surface area contributed by atoms with Crippen molar-refractivity contribution in [1.29, 1.82) is 0 Å². The quantitative estimate of drug-likeness (QED) is 0.614. The molecule has 0 N–H and O–H groups in total. The van der Waals surface area contributed by atoms with Crippen LogP contribution in [0.4, 0.5) is 13.2 Å². The van der Waals surface area contributed by atoms with Gasteiger partial charge in [0.1, 0.15) is 0 Å². The van der Waals surface area contributed by atoms with Gasteiger partial charge in [-0.25, -0.2) is 0 Å². The van der Waals surface area contributed by atoms with Gasteiger partial charge in [-0.2, -0.15) is 13.2 Å². The fourth-order valence-electron chi connectivity index (χ4n) is 3.23. The number of aliphatic imine (C=N–C) groups is 1. The molecule has 1 aliphatic heterocycles. The zero-order valence-corrected chi connectivity index (χ0v) is 15.2. The number of alkyl halides is 3. The van der Waals surface area contributed by atoms with Crippen LogP contribution in [0.1, 0.15) is 24.0 Å². The van der Waals surface area contributed by atoms with Crippen LogP contribution >= 0.6 is 0 Å². The molecule has 1 aromatic carbocycles. The molecule has 1 fully saturated rings. The lowest BCUT2D eigenvalue weighted by Gasteiger charge is -2.37. The van der Waals surface area contributed by atoms with Gasteiger partial charge in [0.25, 0.3) is 0 Å². The van der Waals surface area contributed by atoms with Crippen LogP contribution in [0.2, 0.25) is 0 Å². The summed E-state index contributed by atoms with van der Waals surface area (Å²) in [6, 6.07) is 5.65. The van der Waals surface area contributed by atoms with Gasteiger partial charge in [0.15, 0.2) is 5.96 Å². The summed E-state index contributed by atoms with van der Waals surface area (Å²) in [6.45, 7) is 1.50. The number of hydrogen-bond donors (Lipinski definition) is 0. The lowest BCUT2D eigenvalue weighted by atomic mass is 9.74. The summed E-state index contributed by atoms with van der Waals surface area (Å²) in [5.74, 6) is 0.790. The maximum absolute atomic E-state index is 13.1. The average molecular weight is 357 g/mol. The highest BCUT2D eigenvalue weighted by Crippen LogP contribution is 2.38. The largest absolute Gasteiger partial charge is 0.416 e. The molecule has 0 amide bonds. The SMILES string of the molecule is CN(C)C(=NCC1(c2cccc(C(F)(F)F)c2)CCOCC1)N(C)C. The maximum atomic E-state index is 13.1. The number of halogens is 3. The van der Waals surface area contributed by atoms with Crippen LogP contribution in [-0.4, -0.2) is 63.7 Å². The molecule has 1 aromatic rings. The Bertz CT molecular complexity index is 596. The van der Waals surface area contributed by atoms with E-state index in [1.54, 1.807) is 6.07 Å². The first-order chi connectivity index (χ1) is 11.7. The van der Waals surface area contributed by atoms with Crippen molar-refractivity contribution in [3.05, 3.63) is 35.4 Å². The highest BCUT2D eigenvalue weighted by molar-refractivity contribution is 5.79. The van der Waals surface area contributed by atoms with Gasteiger partial charge in [-0.3, -0.25) is 4.99 Å². The zero-order valence-electron chi connectivity index (χ0n) is 15.2. The summed E-state index contributed by atoms with van der Waals surface area (Å²) in [6.07, 6.45) is -3.03. The van der Waals surface area contributed by atoms with E-state index in [2.05, 4.69) is 0 Å². The molecular formula is C18H26F3N3O. The van der Waals surface area contributed by atoms with E-state index in [0.29, 0.717) is 38.2 Å². The third-order valence-electron chi connectivity index (χ3n) is 4.58. The smallest absolute Gasteiger partial charge is 0.381 e. The van der Waals surface area contributed by atoms with E-state index in [9.17, 15) is 13.2 Å². The first kappa shape index (κ1) is 19.6. The minimum atomic E-state index is -4.34. The van der Waals surface area contributed by atoms with Crippen LogP contribution in [-0.2, 0) is 16.3 Å². The van der Waals surface area contributed by atoms with Gasteiger partial charge in [-0.1, -0.05) is 18.2 Å². The molecule has 0 spiro atoms. The molecule has 0 bridgehead atoms. The first-order valence-electron chi connectivity index (χ1n) is 8.30. The van der Waals surface area contributed by atoms with E-state index in [-0.39, 0.29) is 0 Å². The molecule has 0 aliphatic carbocycles. The van der Waals surface area contributed by atoms with Crippen LogP contribution in [0.25, 0.3) is 0 Å². The summed E-state index contributed by atoms with van der Waals surface area (Å²) < 4.78 is 44.8. The molecule has 2 rings (SSSR count). The van der Waals surface area contributed by atoms with E-state index >= 15 is 0 Å². The van der Waals surface area contributed by atoms with Crippen LogP contribution in [0.5, 0.6) is 0 Å². The third-order valence-corrected chi connectivity index (χ3v) is 4.58. The predicted octanol–water partition coefficient (Wildman–Crippen LogP) is 3.23. The number of ether oxygens (including phenoxy) is 1. The number of benzene rings is 1. The van der Waals surface area contributed by atoms with E-state index in [1.165, 1.54) is 12.1 Å². The van der Waals surface area contributed by atoms with Crippen LogP contribution < -0.4 is 0 Å². The molecule has 0 radical (unpaired) electrons. The van der Waals surface area contributed by atoms with Crippen LogP contribution in [0.3, 0.4) is 0 Å². The number of nitrogens with zero attached hydrogens (tertiary/aromatic N) is 3. The average Bonchev–Trinajstić information content (AvgIpc) is 2.54. The molecule has 0 unspecified atom stereocenters. The van der Waals surface area contributed by atoms with Crippen molar-refractivity contribution in [3.63, 3.8) is 0 Å². The minimum Gasteiger partial charge on any atom is -0.381 e. The monoisotopic (exact) mass is 357 g/mol. The molecule has 1 heterocycles. The Morgan fingerprint density at radius 1 is 1.12 bits per heavy atom. The van der Waals surface area contributed by atoms with Crippen molar-refractivity contribution < 1.29 is 17.9 Å². The second-order valence-electron chi connectivity index (χ2n) is 6.88. The molecule has 1 aliphatic rings. The number of hydrogen-bond acceptors (Lipinski definition) is 2. The summed E-state index contributed by atoms with van der Waals surface area (Å²) >= 11 is 0. The Balaban J connectivity index is 2.40. The van der Waals surface area contributed by atoms with Gasteiger partial charge < -0.3 is 14.5 Å². The Morgan fingerprint density at radius 2 is 1.72 bits per heavy atom. The van der Waals surface area contributed by atoms with Crippen molar-refractivity contribution >= 4 is 5.96 Å². The summed E-state index contributed by atoms with van der Waals surface area (Å²) in [7, 11) is 7.61. The summed E-state index contributed by atoms with van der Waals surface area (Å²) in [5.41, 5.74) is -0.358. The fourth-order valence-corrected chi connectivity index (χ4v) is 3.23. The molecule has 4 nitrogen and oxygen atoms in total. The second kappa shape index (κ2) is 7.64. The molecule has 1 saturated heterocycles. The second-order valence-corrected chi connectivity index (χ2v) is 6.88. The highest BCUT2D eigenvalue weighted by Gasteiger charge is 2.37. The number of rotatable bonds is 3. The van der Waals surface area contributed by atoms with E-state index in [4.69, 9.17) is 9.73 Å². The summed E-state index contributed by atoms with van der Waals surface area (Å²) in [5, 5.41) is 0. The molecule has 25 heavy (non-hydrogen) atoms. The molecule has 0 atom stereocenters. The lowest BCUT2D eigenvalue weighted by Crippen LogP contribution is -2.40. The first-order valence-corrected chi connectivity index (χ1v) is 8.30. The minimum absolute atomic E-state index is 0.434. The van der Waals surface area contributed by atoms with Crippen molar-refractivity contribution in [2.75, 3.05) is 47.9 Å². The van der Waals surface area contributed by atoms with Crippen LogP contribution in [0.15, 0.2) is 29.3 Å². The lowest BCUT2D eigenvalue weighted by molar-refractivity contribution is -0.137. The Morgan fingerprint density at radius 3 is 2.24 bits per heavy atom. The Hall–Kier alpha value is -1.76. The highest BCUT2D eigenvalue weighted by atomic mass is 19.4. The molecule has 0 aromatic heterocycles. The Labute approximate surface area is 147 Å². The van der Waals surface area contributed by atoms with Crippen molar-refractivity contribution in [2.45, 2.75) is 24.4 Å². The van der Waals surface area contributed by atoms with Crippen molar-refractivity contribution in [3.8, 4) is 0 Å². The van der Waals surface area contributed by atoms with Crippen LogP contribution in [0, 0.1) is 0 Å². The van der Waals surface area contributed by atoms with Gasteiger partial charge >= 0.3 is 6.18 Å². The zero-order chi connectivity index (χ0) is 18.7. The standard InChI is InChI=1S/C18H26F3N3O/c1-23(2)16(24(3)4)22-13-17(8-10-25-11-9-17)14-6-5-7-15(12-14)18(19,20)21/h5-7,12H,8-11,13H2,1-4H3. The van der Waals surface area contributed by atoms with Gasteiger partial charge in [0, 0.05) is 46.8 Å². The predicted molar refractivity (Wildman–Crippen MR) is 92.9 cm³/mol. The number of guanidine groups is 1. The maximum Gasteiger partial charge on any atom is 0.416 e. The topological polar surface area (TPSA) is 28.1 Å². The van der Waals surface area contributed by atoms with Crippen molar-refractivity contribution in [2.24, 2.45) is 4.99 Å². The third kappa shape index (κ3) is 4.66. The molecular weight excluding hydrogens is 331 g/mol. The van der Waals surface area contributed by atoms with E-state index in [1.807, 2.05) is 38.0 Å². The van der Waals surface area contributed by atoms with Gasteiger partial charge in [0.05, 0.1) is 12.1 Å². The van der Waals surface area contributed by atoms with Gasteiger partial charge in [0.2, 0.25) is 0 Å². The Kier molecular flexibility index (Phi) is 5.98. The fraction of sp³-hybridized carbons (Fsp3) is 0.611. The van der Waals surface area contributed by atoms with Gasteiger partial charge in [-0.05, 0) is 24.5 Å². The molecule has 0 saturated carbocycles. The normalized spacial score (nSPS) is 17.1. The summed E-state index contributed by atoms with van der Waals surface area (Å²) in [4.78, 5) is 8.52. The van der Waals surface area contributed by atoms with Crippen molar-refractivity contribution in [1.82, 2.24) is 9.80 Å². The van der Waals surface area contributed by atoms with Gasteiger partial charge in [-0.15, -0.1) is 0 Å².